The predicted molar refractivity (Wildman–Crippen MR) is 102 cm³/mol. The zero-order chi connectivity index (χ0) is 19.2. The number of aromatic nitrogens is 2. The molecular formula is C18H25N5O2S. The third kappa shape index (κ3) is 4.39. The van der Waals surface area contributed by atoms with Crippen LogP contribution < -0.4 is 10.8 Å². The van der Waals surface area contributed by atoms with E-state index in [4.69, 9.17) is 0 Å². The molecule has 0 unspecified atom stereocenters. The Morgan fingerprint density at radius 3 is 2.62 bits per heavy atom. The summed E-state index contributed by atoms with van der Waals surface area (Å²) >= 11 is 0. The van der Waals surface area contributed by atoms with Crippen molar-refractivity contribution in [1.82, 2.24) is 19.2 Å². The van der Waals surface area contributed by atoms with Crippen LogP contribution in [0.4, 0.5) is 0 Å². The van der Waals surface area contributed by atoms with E-state index in [0.717, 1.165) is 5.56 Å². The number of hydrogen-bond donors (Lipinski definition) is 1. The van der Waals surface area contributed by atoms with Crippen LogP contribution in [0.2, 0.25) is 0 Å². The Morgan fingerprint density at radius 1 is 1.31 bits per heavy atom. The third-order valence-corrected chi connectivity index (χ3v) is 6.02. The van der Waals surface area contributed by atoms with Crippen LogP contribution >= 0.6 is 0 Å². The van der Waals surface area contributed by atoms with E-state index >= 15 is 0 Å². The largest absolute Gasteiger partial charge is 0.368 e. The molecule has 0 aliphatic heterocycles. The molecule has 0 fully saturated rings. The lowest BCUT2D eigenvalue weighted by atomic mass is 10.3. The zero-order valence-electron chi connectivity index (χ0n) is 15.4. The molecule has 7 nitrogen and oxygen atoms in total. The third-order valence-electron chi connectivity index (χ3n) is 3.98. The van der Waals surface area contributed by atoms with Crippen molar-refractivity contribution in [2.75, 3.05) is 20.1 Å². The summed E-state index contributed by atoms with van der Waals surface area (Å²) in [4.78, 5) is 8.48. The van der Waals surface area contributed by atoms with Gasteiger partial charge in [0.25, 0.3) is 0 Å². The minimum absolute atomic E-state index is 0.206. The van der Waals surface area contributed by atoms with Crippen LogP contribution in [-0.4, -0.2) is 42.4 Å². The summed E-state index contributed by atoms with van der Waals surface area (Å²) in [6.45, 7) is 9.01. The topological polar surface area (TPSA) is 79.6 Å². The smallest absolute Gasteiger partial charge is 0.244 e. The van der Waals surface area contributed by atoms with Gasteiger partial charge in [0.2, 0.25) is 10.0 Å². The molecule has 0 spiro atoms. The Hall–Kier alpha value is -2.45. The highest BCUT2D eigenvalue weighted by Gasteiger charge is 2.22. The fraction of sp³-hybridized carbons (Fsp3) is 0.333. The number of hydrogen-bond acceptors (Lipinski definition) is 5. The molecule has 2 aromatic heterocycles. The molecule has 0 aliphatic rings. The van der Waals surface area contributed by atoms with Crippen LogP contribution in [0.3, 0.4) is 0 Å². The van der Waals surface area contributed by atoms with Crippen molar-refractivity contribution in [2.45, 2.75) is 25.3 Å². The van der Waals surface area contributed by atoms with E-state index in [1.54, 1.807) is 42.3 Å². The molecule has 2 aromatic rings. The molecule has 2 heterocycles. The maximum absolute atomic E-state index is 12.8. The molecule has 0 aliphatic carbocycles. The van der Waals surface area contributed by atoms with Crippen molar-refractivity contribution in [3.05, 3.63) is 60.5 Å². The molecular weight excluding hydrogens is 350 g/mol. The van der Waals surface area contributed by atoms with E-state index in [1.165, 1.54) is 4.31 Å². The molecule has 8 heteroatoms. The molecule has 0 aromatic carbocycles. The number of nitrogens with zero attached hydrogens (tertiary/aromatic N) is 4. The van der Waals surface area contributed by atoms with Crippen LogP contribution in [0.25, 0.3) is 5.82 Å². The van der Waals surface area contributed by atoms with E-state index in [2.05, 4.69) is 21.9 Å². The Balaban J connectivity index is 2.34. The highest BCUT2D eigenvalue weighted by atomic mass is 32.2. The summed E-state index contributed by atoms with van der Waals surface area (Å²) in [7, 11) is -1.91. The second kappa shape index (κ2) is 8.77. The van der Waals surface area contributed by atoms with Gasteiger partial charge in [0.05, 0.1) is 4.90 Å². The fourth-order valence-electron chi connectivity index (χ4n) is 2.53. The number of nitrogens with one attached hydrogen (secondary N) is 1. The monoisotopic (exact) mass is 375 g/mol. The lowest BCUT2D eigenvalue weighted by Crippen LogP contribution is -2.33. The summed E-state index contributed by atoms with van der Waals surface area (Å²) in [6, 6.07) is 7.05. The number of sulfonamides is 1. The first-order valence-corrected chi connectivity index (χ1v) is 9.85. The van der Waals surface area contributed by atoms with Crippen LogP contribution in [0.1, 0.15) is 19.4 Å². The Labute approximate surface area is 154 Å². The Morgan fingerprint density at radius 2 is 2.04 bits per heavy atom. The second-order valence-corrected chi connectivity index (χ2v) is 7.51. The van der Waals surface area contributed by atoms with Gasteiger partial charge in [-0.15, -0.1) is 0 Å². The van der Waals surface area contributed by atoms with Crippen molar-refractivity contribution < 1.29 is 8.42 Å². The first-order valence-electron chi connectivity index (χ1n) is 8.41. The first kappa shape index (κ1) is 19.9. The van der Waals surface area contributed by atoms with E-state index in [1.807, 2.05) is 26.0 Å². The molecule has 140 valence electrons. The van der Waals surface area contributed by atoms with Crippen LogP contribution in [0, 0.1) is 0 Å². The summed E-state index contributed by atoms with van der Waals surface area (Å²) in [5.74, 6) is 0.533. The molecule has 0 radical (unpaired) electrons. The molecule has 0 saturated heterocycles. The summed E-state index contributed by atoms with van der Waals surface area (Å²) in [5.41, 5.74) is 1.60. The SMILES string of the molecule is C=C(NCc1cccnc1)n1cc(S(=O)(=O)N(CC)CC)cc/c1=N/C. The van der Waals surface area contributed by atoms with E-state index in [0.29, 0.717) is 30.9 Å². The van der Waals surface area contributed by atoms with Crippen molar-refractivity contribution in [1.29, 1.82) is 0 Å². The van der Waals surface area contributed by atoms with E-state index < -0.39 is 10.0 Å². The van der Waals surface area contributed by atoms with Crippen molar-refractivity contribution in [2.24, 2.45) is 4.99 Å². The van der Waals surface area contributed by atoms with Gasteiger partial charge in [0.1, 0.15) is 11.3 Å². The molecule has 0 bridgehead atoms. The van der Waals surface area contributed by atoms with Gasteiger partial charge in [-0.3, -0.25) is 14.5 Å². The van der Waals surface area contributed by atoms with Gasteiger partial charge in [-0.1, -0.05) is 26.5 Å². The van der Waals surface area contributed by atoms with Crippen LogP contribution in [0.15, 0.2) is 59.3 Å². The zero-order valence-corrected chi connectivity index (χ0v) is 16.2. The van der Waals surface area contributed by atoms with Gasteiger partial charge in [-0.2, -0.15) is 4.31 Å². The lowest BCUT2D eigenvalue weighted by Gasteiger charge is -2.20. The van der Waals surface area contributed by atoms with Crippen LogP contribution in [0.5, 0.6) is 0 Å². The standard InChI is InChI=1S/C18H25N5O2S/c1-5-22(6-2)26(24,25)17-9-10-18(19-4)23(14-17)15(3)21-13-16-8-7-11-20-12-16/h7-12,14,21H,3,5-6,13H2,1-2,4H3/b19-18-. The van der Waals surface area contributed by atoms with Gasteiger partial charge in [-0.25, -0.2) is 8.42 Å². The molecule has 0 atom stereocenters. The molecule has 0 saturated carbocycles. The predicted octanol–water partition coefficient (Wildman–Crippen LogP) is 1.66. The van der Waals surface area contributed by atoms with E-state index in [9.17, 15) is 8.42 Å². The maximum atomic E-state index is 12.8. The minimum Gasteiger partial charge on any atom is -0.368 e. The first-order chi connectivity index (χ1) is 12.4. The number of rotatable bonds is 8. The quantitative estimate of drug-likeness (QED) is 0.761. The van der Waals surface area contributed by atoms with Gasteiger partial charge in [0, 0.05) is 45.3 Å². The fourth-order valence-corrected chi connectivity index (χ4v) is 3.99. The van der Waals surface area contributed by atoms with E-state index in [-0.39, 0.29) is 4.90 Å². The normalized spacial score (nSPS) is 12.4. The summed E-state index contributed by atoms with van der Waals surface area (Å²) in [6.07, 6.45) is 5.02. The van der Waals surface area contributed by atoms with Crippen molar-refractivity contribution in [3.8, 4) is 0 Å². The average Bonchev–Trinajstić information content (AvgIpc) is 2.67. The van der Waals surface area contributed by atoms with Crippen molar-refractivity contribution in [3.63, 3.8) is 0 Å². The van der Waals surface area contributed by atoms with Gasteiger partial charge in [0.15, 0.2) is 0 Å². The molecule has 26 heavy (non-hydrogen) atoms. The van der Waals surface area contributed by atoms with Crippen molar-refractivity contribution >= 4 is 15.8 Å². The minimum atomic E-state index is -3.56. The second-order valence-electron chi connectivity index (χ2n) is 5.57. The molecule has 0 amide bonds. The lowest BCUT2D eigenvalue weighted by molar-refractivity contribution is 0.444. The maximum Gasteiger partial charge on any atom is 0.244 e. The average molecular weight is 375 g/mol. The van der Waals surface area contributed by atoms with Gasteiger partial charge < -0.3 is 5.32 Å². The highest BCUT2D eigenvalue weighted by molar-refractivity contribution is 7.89. The van der Waals surface area contributed by atoms with Gasteiger partial charge >= 0.3 is 0 Å². The highest BCUT2D eigenvalue weighted by Crippen LogP contribution is 2.14. The Kier molecular flexibility index (Phi) is 6.70. The summed E-state index contributed by atoms with van der Waals surface area (Å²) < 4.78 is 28.6. The molecule has 2 rings (SSSR count). The number of pyridine rings is 2. The summed E-state index contributed by atoms with van der Waals surface area (Å²) in [5, 5.41) is 3.19. The molecule has 1 N–H and O–H groups in total. The van der Waals surface area contributed by atoms with Crippen LogP contribution in [-0.2, 0) is 16.6 Å². The Bertz CT molecular complexity index is 916. The van der Waals surface area contributed by atoms with Gasteiger partial charge in [-0.05, 0) is 23.8 Å².